The molecule has 122 valence electrons. The normalized spacial score (nSPS) is 20.6. The van der Waals surface area contributed by atoms with Gasteiger partial charge in [-0.15, -0.1) is 0 Å². The van der Waals surface area contributed by atoms with Crippen LogP contribution < -0.4 is 5.32 Å². The van der Waals surface area contributed by atoms with Crippen LogP contribution in [0.4, 0.5) is 0 Å². The Kier molecular flexibility index (Phi) is 3.95. The lowest BCUT2D eigenvalue weighted by Crippen LogP contribution is -2.55. The molecule has 0 saturated carbocycles. The van der Waals surface area contributed by atoms with Crippen LogP contribution in [0.25, 0.3) is 11.3 Å². The lowest BCUT2D eigenvalue weighted by atomic mass is 9.85. The average molecular weight is 310 g/mol. The maximum absolute atomic E-state index is 4.86. The molecule has 4 rings (SSSR count). The molecule has 0 radical (unpaired) electrons. The molecule has 2 aliphatic heterocycles. The summed E-state index contributed by atoms with van der Waals surface area (Å²) in [5, 5.41) is 3.81. The standard InChI is InChI=1S/C19H26N4/c1-2-11-22-12-8-19(9-13-22)18-20-15-17(23(18)14-10-21-19)16-6-4-3-5-7-16/h3-7,15,21H,2,8-14H2,1H3. The summed E-state index contributed by atoms with van der Waals surface area (Å²) in [5.41, 5.74) is 2.61. The summed E-state index contributed by atoms with van der Waals surface area (Å²) < 4.78 is 2.45. The highest BCUT2D eigenvalue weighted by Gasteiger charge is 2.41. The van der Waals surface area contributed by atoms with Crippen molar-refractivity contribution in [2.24, 2.45) is 0 Å². The van der Waals surface area contributed by atoms with Gasteiger partial charge in [0.25, 0.3) is 0 Å². The molecule has 1 aromatic heterocycles. The number of fused-ring (bicyclic) bond motifs is 2. The molecule has 3 heterocycles. The van der Waals surface area contributed by atoms with Crippen LogP contribution in [-0.4, -0.2) is 40.6 Å². The maximum Gasteiger partial charge on any atom is 0.129 e. The van der Waals surface area contributed by atoms with Gasteiger partial charge in [0.1, 0.15) is 5.82 Å². The van der Waals surface area contributed by atoms with Gasteiger partial charge in [-0.3, -0.25) is 0 Å². The number of benzene rings is 1. The molecule has 4 heteroatoms. The Morgan fingerprint density at radius 2 is 1.91 bits per heavy atom. The molecule has 23 heavy (non-hydrogen) atoms. The first kappa shape index (κ1) is 14.9. The van der Waals surface area contributed by atoms with E-state index < -0.39 is 0 Å². The predicted molar refractivity (Wildman–Crippen MR) is 93.3 cm³/mol. The Bertz CT molecular complexity index is 653. The van der Waals surface area contributed by atoms with Gasteiger partial charge in [0.05, 0.1) is 17.4 Å². The van der Waals surface area contributed by atoms with Gasteiger partial charge in [0.15, 0.2) is 0 Å². The highest BCUT2D eigenvalue weighted by atomic mass is 15.2. The fourth-order valence-corrected chi connectivity index (χ4v) is 4.18. The van der Waals surface area contributed by atoms with Gasteiger partial charge in [-0.2, -0.15) is 0 Å². The number of hydrogen-bond donors (Lipinski definition) is 1. The largest absolute Gasteiger partial charge is 0.325 e. The van der Waals surface area contributed by atoms with Crippen molar-refractivity contribution >= 4 is 0 Å². The average Bonchev–Trinajstić information content (AvgIpc) is 3.04. The van der Waals surface area contributed by atoms with Crippen molar-refractivity contribution in [1.82, 2.24) is 19.8 Å². The van der Waals surface area contributed by atoms with E-state index in [1.807, 2.05) is 0 Å². The zero-order chi connectivity index (χ0) is 15.7. The number of aromatic nitrogens is 2. The number of rotatable bonds is 3. The van der Waals surface area contributed by atoms with Crippen LogP contribution in [0.2, 0.25) is 0 Å². The first-order chi connectivity index (χ1) is 11.3. The molecule has 1 aromatic carbocycles. The van der Waals surface area contributed by atoms with Crippen LogP contribution >= 0.6 is 0 Å². The molecule has 0 aliphatic carbocycles. The van der Waals surface area contributed by atoms with Crippen molar-refractivity contribution in [3.05, 3.63) is 42.4 Å². The molecule has 0 atom stereocenters. The Balaban J connectivity index is 1.64. The van der Waals surface area contributed by atoms with E-state index in [-0.39, 0.29) is 5.54 Å². The summed E-state index contributed by atoms with van der Waals surface area (Å²) in [7, 11) is 0. The Morgan fingerprint density at radius 1 is 1.13 bits per heavy atom. The quantitative estimate of drug-likeness (QED) is 0.946. The second-order valence-corrected chi connectivity index (χ2v) is 6.84. The summed E-state index contributed by atoms with van der Waals surface area (Å²) in [5.74, 6) is 1.25. The predicted octanol–water partition coefficient (Wildman–Crippen LogP) is 2.85. The van der Waals surface area contributed by atoms with Gasteiger partial charge in [0.2, 0.25) is 0 Å². The van der Waals surface area contributed by atoms with Crippen molar-refractivity contribution < 1.29 is 0 Å². The van der Waals surface area contributed by atoms with E-state index in [1.165, 1.54) is 43.1 Å². The molecule has 1 N–H and O–H groups in total. The summed E-state index contributed by atoms with van der Waals surface area (Å²) >= 11 is 0. The molecule has 2 aromatic rings. The first-order valence-corrected chi connectivity index (χ1v) is 8.91. The third kappa shape index (κ3) is 2.60. The van der Waals surface area contributed by atoms with Gasteiger partial charge >= 0.3 is 0 Å². The van der Waals surface area contributed by atoms with Crippen molar-refractivity contribution in [2.45, 2.75) is 38.3 Å². The van der Waals surface area contributed by atoms with Gasteiger partial charge in [-0.05, 0) is 31.4 Å². The van der Waals surface area contributed by atoms with Crippen LogP contribution in [0.5, 0.6) is 0 Å². The van der Waals surface area contributed by atoms with E-state index in [1.54, 1.807) is 0 Å². The Labute approximate surface area is 138 Å². The SMILES string of the molecule is CCCN1CCC2(CC1)NCCn1c(-c3ccccc3)cnc12. The zero-order valence-electron chi connectivity index (χ0n) is 14.0. The van der Waals surface area contributed by atoms with E-state index in [0.29, 0.717) is 0 Å². The van der Waals surface area contributed by atoms with Gasteiger partial charge in [-0.1, -0.05) is 37.3 Å². The van der Waals surface area contributed by atoms with E-state index in [0.717, 1.165) is 25.9 Å². The highest BCUT2D eigenvalue weighted by Crippen LogP contribution is 2.36. The third-order valence-electron chi connectivity index (χ3n) is 5.40. The summed E-state index contributed by atoms with van der Waals surface area (Å²) in [4.78, 5) is 7.45. The first-order valence-electron chi connectivity index (χ1n) is 8.91. The number of imidazole rings is 1. The van der Waals surface area contributed by atoms with Crippen molar-refractivity contribution in [2.75, 3.05) is 26.2 Å². The van der Waals surface area contributed by atoms with Gasteiger partial charge in [-0.25, -0.2) is 4.98 Å². The van der Waals surface area contributed by atoms with E-state index in [4.69, 9.17) is 4.98 Å². The zero-order valence-corrected chi connectivity index (χ0v) is 14.0. The molecule has 1 spiro atoms. The fourth-order valence-electron chi connectivity index (χ4n) is 4.18. The maximum atomic E-state index is 4.86. The van der Waals surface area contributed by atoms with Crippen molar-refractivity contribution in [3.63, 3.8) is 0 Å². The Hall–Kier alpha value is -1.65. The van der Waals surface area contributed by atoms with E-state index >= 15 is 0 Å². The highest BCUT2D eigenvalue weighted by molar-refractivity contribution is 5.59. The van der Waals surface area contributed by atoms with Crippen LogP contribution in [0.1, 0.15) is 32.0 Å². The minimum atomic E-state index is 0.0789. The minimum absolute atomic E-state index is 0.0789. The molecule has 1 fully saturated rings. The topological polar surface area (TPSA) is 33.1 Å². The van der Waals surface area contributed by atoms with Crippen LogP contribution in [0.3, 0.4) is 0 Å². The fraction of sp³-hybridized carbons (Fsp3) is 0.526. The van der Waals surface area contributed by atoms with Crippen molar-refractivity contribution in [3.8, 4) is 11.3 Å². The number of piperidine rings is 1. The molecule has 0 unspecified atom stereocenters. The van der Waals surface area contributed by atoms with Crippen LogP contribution in [-0.2, 0) is 12.1 Å². The third-order valence-corrected chi connectivity index (χ3v) is 5.40. The van der Waals surface area contributed by atoms with Gasteiger partial charge < -0.3 is 14.8 Å². The summed E-state index contributed by atoms with van der Waals surface area (Å²) in [6, 6.07) is 10.7. The summed E-state index contributed by atoms with van der Waals surface area (Å²) in [6.45, 7) is 7.89. The molecule has 0 bridgehead atoms. The molecular formula is C19H26N4. The number of hydrogen-bond acceptors (Lipinski definition) is 3. The van der Waals surface area contributed by atoms with Crippen LogP contribution in [0, 0.1) is 0 Å². The monoisotopic (exact) mass is 310 g/mol. The number of nitrogens with zero attached hydrogens (tertiary/aromatic N) is 3. The summed E-state index contributed by atoms with van der Waals surface area (Å²) in [6.07, 6.45) is 5.64. The van der Waals surface area contributed by atoms with Crippen LogP contribution in [0.15, 0.2) is 36.5 Å². The molecule has 0 amide bonds. The number of likely N-dealkylation sites (tertiary alicyclic amines) is 1. The smallest absolute Gasteiger partial charge is 0.129 e. The molecule has 2 aliphatic rings. The minimum Gasteiger partial charge on any atom is -0.325 e. The second kappa shape index (κ2) is 6.10. The van der Waals surface area contributed by atoms with E-state index in [9.17, 15) is 0 Å². The molecular weight excluding hydrogens is 284 g/mol. The van der Waals surface area contributed by atoms with Crippen molar-refractivity contribution in [1.29, 1.82) is 0 Å². The van der Waals surface area contributed by atoms with Gasteiger partial charge in [0, 0.05) is 26.2 Å². The lowest BCUT2D eigenvalue weighted by Gasteiger charge is -2.44. The lowest BCUT2D eigenvalue weighted by molar-refractivity contribution is 0.114. The Morgan fingerprint density at radius 3 is 2.65 bits per heavy atom. The molecule has 4 nitrogen and oxygen atoms in total. The second-order valence-electron chi connectivity index (χ2n) is 6.84. The molecule has 1 saturated heterocycles. The van der Waals surface area contributed by atoms with E-state index in [2.05, 4.69) is 58.2 Å². The number of nitrogens with one attached hydrogen (secondary N) is 1.